The van der Waals surface area contributed by atoms with Crippen molar-refractivity contribution >= 4 is 27.5 Å². The Balaban J connectivity index is 1.86. The molecule has 0 aliphatic heterocycles. The highest BCUT2D eigenvalue weighted by molar-refractivity contribution is 7.89. The quantitative estimate of drug-likeness (QED) is 0.718. The molecular formula is C18H21ClN2O4S. The first-order valence-electron chi connectivity index (χ1n) is 8.03. The minimum Gasteiger partial charge on any atom is -0.484 e. The van der Waals surface area contributed by atoms with Gasteiger partial charge in [0.25, 0.3) is 5.91 Å². The van der Waals surface area contributed by atoms with Gasteiger partial charge in [0, 0.05) is 17.6 Å². The topological polar surface area (TPSA) is 84.5 Å². The van der Waals surface area contributed by atoms with E-state index in [1.54, 1.807) is 19.9 Å². The van der Waals surface area contributed by atoms with Crippen molar-refractivity contribution in [2.24, 2.45) is 0 Å². The van der Waals surface area contributed by atoms with Crippen LogP contribution in [0.25, 0.3) is 0 Å². The minimum absolute atomic E-state index is 0.140. The monoisotopic (exact) mass is 396 g/mol. The van der Waals surface area contributed by atoms with Gasteiger partial charge in [0.1, 0.15) is 5.75 Å². The van der Waals surface area contributed by atoms with E-state index in [1.807, 2.05) is 18.2 Å². The highest BCUT2D eigenvalue weighted by Gasteiger charge is 2.15. The second kappa shape index (κ2) is 9.02. The maximum Gasteiger partial charge on any atom is 0.258 e. The van der Waals surface area contributed by atoms with Gasteiger partial charge in [-0.05, 0) is 49.7 Å². The molecule has 0 heterocycles. The van der Waals surface area contributed by atoms with Crippen molar-refractivity contribution in [2.45, 2.75) is 31.3 Å². The number of amides is 1. The first kappa shape index (κ1) is 20.2. The van der Waals surface area contributed by atoms with Crippen molar-refractivity contribution in [3.8, 4) is 5.75 Å². The molecule has 0 saturated heterocycles. The summed E-state index contributed by atoms with van der Waals surface area (Å²) in [4.78, 5) is 12.0. The van der Waals surface area contributed by atoms with Crippen LogP contribution in [0.1, 0.15) is 19.4 Å². The molecule has 26 heavy (non-hydrogen) atoms. The Morgan fingerprint density at radius 3 is 2.38 bits per heavy atom. The lowest BCUT2D eigenvalue weighted by atomic mass is 10.2. The SMILES string of the molecule is CC(C)NS(=O)(=O)c1ccc(OCC(=O)NCc2ccccc2Cl)cc1. The second-order valence-electron chi connectivity index (χ2n) is 5.90. The number of rotatable bonds is 8. The van der Waals surface area contributed by atoms with E-state index >= 15 is 0 Å². The predicted molar refractivity (Wildman–Crippen MR) is 101 cm³/mol. The molecule has 2 rings (SSSR count). The van der Waals surface area contributed by atoms with Gasteiger partial charge < -0.3 is 10.1 Å². The summed E-state index contributed by atoms with van der Waals surface area (Å²) in [7, 11) is -3.55. The molecule has 1 amide bonds. The summed E-state index contributed by atoms with van der Waals surface area (Å²) in [5.74, 6) is 0.101. The lowest BCUT2D eigenvalue weighted by Gasteiger charge is -2.11. The van der Waals surface area contributed by atoms with Gasteiger partial charge in [-0.3, -0.25) is 4.79 Å². The fourth-order valence-electron chi connectivity index (χ4n) is 2.13. The molecule has 140 valence electrons. The number of carbonyl (C=O) groups is 1. The van der Waals surface area contributed by atoms with Crippen molar-refractivity contribution in [3.05, 3.63) is 59.1 Å². The van der Waals surface area contributed by atoms with Crippen LogP contribution in [0.3, 0.4) is 0 Å². The average molecular weight is 397 g/mol. The van der Waals surface area contributed by atoms with Crippen molar-refractivity contribution in [1.82, 2.24) is 10.0 Å². The van der Waals surface area contributed by atoms with Gasteiger partial charge in [0.2, 0.25) is 10.0 Å². The van der Waals surface area contributed by atoms with Crippen LogP contribution in [-0.4, -0.2) is 27.0 Å². The van der Waals surface area contributed by atoms with Gasteiger partial charge in [-0.2, -0.15) is 0 Å². The third-order valence-electron chi connectivity index (χ3n) is 3.33. The molecule has 0 aliphatic rings. The molecule has 0 aliphatic carbocycles. The molecule has 0 spiro atoms. The number of ether oxygens (including phenoxy) is 1. The Morgan fingerprint density at radius 2 is 1.77 bits per heavy atom. The largest absolute Gasteiger partial charge is 0.484 e. The molecule has 0 atom stereocenters. The molecule has 0 radical (unpaired) electrons. The lowest BCUT2D eigenvalue weighted by Crippen LogP contribution is -2.30. The van der Waals surface area contributed by atoms with Crippen LogP contribution in [-0.2, 0) is 21.4 Å². The van der Waals surface area contributed by atoms with Crippen molar-refractivity contribution in [3.63, 3.8) is 0 Å². The Morgan fingerprint density at radius 1 is 1.12 bits per heavy atom. The van der Waals surface area contributed by atoms with Gasteiger partial charge in [0.05, 0.1) is 4.90 Å². The van der Waals surface area contributed by atoms with Gasteiger partial charge in [-0.25, -0.2) is 13.1 Å². The third-order valence-corrected chi connectivity index (χ3v) is 5.37. The Hall–Kier alpha value is -2.09. The normalized spacial score (nSPS) is 11.4. The zero-order valence-electron chi connectivity index (χ0n) is 14.5. The number of hydrogen-bond donors (Lipinski definition) is 2. The van der Waals surface area contributed by atoms with Crippen molar-refractivity contribution in [2.75, 3.05) is 6.61 Å². The molecule has 0 bridgehead atoms. The fraction of sp³-hybridized carbons (Fsp3) is 0.278. The van der Waals surface area contributed by atoms with E-state index in [0.29, 0.717) is 17.3 Å². The second-order valence-corrected chi connectivity index (χ2v) is 8.03. The average Bonchev–Trinajstić information content (AvgIpc) is 2.58. The zero-order chi connectivity index (χ0) is 19.2. The van der Waals surface area contributed by atoms with Crippen LogP contribution in [0.2, 0.25) is 5.02 Å². The molecule has 0 fully saturated rings. The molecule has 6 nitrogen and oxygen atoms in total. The summed E-state index contributed by atoms with van der Waals surface area (Å²) in [5, 5.41) is 3.30. The van der Waals surface area contributed by atoms with Crippen LogP contribution in [0.15, 0.2) is 53.4 Å². The van der Waals surface area contributed by atoms with E-state index in [2.05, 4.69) is 10.0 Å². The zero-order valence-corrected chi connectivity index (χ0v) is 16.1. The summed E-state index contributed by atoms with van der Waals surface area (Å²) in [5.41, 5.74) is 0.815. The van der Waals surface area contributed by atoms with Gasteiger partial charge in [0.15, 0.2) is 6.61 Å². The highest BCUT2D eigenvalue weighted by atomic mass is 35.5. The van der Waals surface area contributed by atoms with Crippen molar-refractivity contribution < 1.29 is 17.9 Å². The van der Waals surface area contributed by atoms with Gasteiger partial charge in [-0.15, -0.1) is 0 Å². The number of nitrogens with one attached hydrogen (secondary N) is 2. The first-order chi connectivity index (χ1) is 12.3. The summed E-state index contributed by atoms with van der Waals surface area (Å²) in [6, 6.07) is 12.9. The minimum atomic E-state index is -3.55. The molecule has 0 aromatic heterocycles. The maximum absolute atomic E-state index is 12.0. The number of benzene rings is 2. The van der Waals surface area contributed by atoms with Gasteiger partial charge >= 0.3 is 0 Å². The summed E-state index contributed by atoms with van der Waals surface area (Å²) < 4.78 is 32.0. The molecule has 0 saturated carbocycles. The van der Waals surface area contributed by atoms with Crippen molar-refractivity contribution in [1.29, 1.82) is 0 Å². The molecular weight excluding hydrogens is 376 g/mol. The van der Waals surface area contributed by atoms with Crippen LogP contribution < -0.4 is 14.8 Å². The van der Waals surface area contributed by atoms with Gasteiger partial charge in [-0.1, -0.05) is 29.8 Å². The van der Waals surface area contributed by atoms with E-state index < -0.39 is 10.0 Å². The molecule has 2 aromatic carbocycles. The number of carbonyl (C=O) groups excluding carboxylic acids is 1. The lowest BCUT2D eigenvalue weighted by molar-refractivity contribution is -0.123. The molecule has 0 unspecified atom stereocenters. The standard InChI is InChI=1S/C18H21ClN2O4S/c1-13(2)21-26(23,24)16-9-7-15(8-10-16)25-12-18(22)20-11-14-5-3-4-6-17(14)19/h3-10,13,21H,11-12H2,1-2H3,(H,20,22). The highest BCUT2D eigenvalue weighted by Crippen LogP contribution is 2.16. The predicted octanol–water partition coefficient (Wildman–Crippen LogP) is 2.72. The van der Waals surface area contributed by atoms with E-state index in [4.69, 9.17) is 16.3 Å². The molecule has 2 N–H and O–H groups in total. The smallest absolute Gasteiger partial charge is 0.258 e. The number of halogens is 1. The van der Waals surface area contributed by atoms with Crippen LogP contribution >= 0.6 is 11.6 Å². The molecule has 8 heteroatoms. The summed E-state index contributed by atoms with van der Waals surface area (Å²) >= 11 is 6.03. The number of sulfonamides is 1. The molecule has 2 aromatic rings. The first-order valence-corrected chi connectivity index (χ1v) is 9.89. The van der Waals surface area contributed by atoms with E-state index in [1.165, 1.54) is 24.3 Å². The Labute approximate surface area is 158 Å². The van der Waals surface area contributed by atoms with Crippen LogP contribution in [0.4, 0.5) is 0 Å². The third kappa shape index (κ3) is 6.01. The summed E-state index contributed by atoms with van der Waals surface area (Å²) in [6.45, 7) is 3.62. The van der Waals surface area contributed by atoms with Crippen LogP contribution in [0.5, 0.6) is 5.75 Å². The maximum atomic E-state index is 12.0. The van der Waals surface area contributed by atoms with E-state index in [0.717, 1.165) is 5.56 Å². The van der Waals surface area contributed by atoms with E-state index in [9.17, 15) is 13.2 Å². The van der Waals surface area contributed by atoms with E-state index in [-0.39, 0.29) is 23.5 Å². The van der Waals surface area contributed by atoms with Crippen LogP contribution in [0, 0.1) is 0 Å². The number of hydrogen-bond acceptors (Lipinski definition) is 4. The summed E-state index contributed by atoms with van der Waals surface area (Å²) in [6.07, 6.45) is 0. The fourth-order valence-corrected chi connectivity index (χ4v) is 3.58. The Bertz CT molecular complexity index is 852. The Kier molecular flexibility index (Phi) is 7.02.